The molecule has 2 N–H and O–H groups in total. The first-order chi connectivity index (χ1) is 11.2. The molecule has 1 saturated carbocycles. The number of carbonyl (C=O) groups is 2. The summed E-state index contributed by atoms with van der Waals surface area (Å²) in [5, 5.41) is 8.18. The predicted molar refractivity (Wildman–Crippen MR) is 90.1 cm³/mol. The summed E-state index contributed by atoms with van der Waals surface area (Å²) in [6.45, 7) is 0. The molecule has 3 rings (SSSR count). The van der Waals surface area contributed by atoms with Gasteiger partial charge in [0.25, 0.3) is 0 Å². The molecule has 6 heteroatoms. The van der Waals surface area contributed by atoms with Crippen LogP contribution in [0.1, 0.15) is 37.7 Å². The summed E-state index contributed by atoms with van der Waals surface area (Å²) in [5.74, 6) is -0.264. The van der Waals surface area contributed by atoms with E-state index in [1.807, 2.05) is 18.2 Å². The van der Waals surface area contributed by atoms with E-state index < -0.39 is 0 Å². The number of hydrogen-bond acceptors (Lipinski definition) is 4. The minimum atomic E-state index is -0.246. The fraction of sp³-hybridized carbons (Fsp3) is 0.353. The van der Waals surface area contributed by atoms with Gasteiger partial charge in [-0.25, -0.2) is 4.98 Å². The first-order valence-electron chi connectivity index (χ1n) is 7.74. The number of thiazole rings is 1. The Bertz CT molecular complexity index is 666. The molecule has 0 bridgehead atoms. The Hall–Kier alpha value is -2.21. The SMILES string of the molecule is O=C(CCC(=O)NC1(c2ccccc2)CCC1)Nc1nccs1. The lowest BCUT2D eigenvalue weighted by molar-refractivity contribution is -0.126. The van der Waals surface area contributed by atoms with Gasteiger partial charge < -0.3 is 10.6 Å². The standard InChI is InChI=1S/C17H19N3O2S/c21-14(19-16-18-11-12-23-16)7-8-15(22)20-17(9-4-10-17)13-5-2-1-3-6-13/h1-3,5-6,11-12H,4,7-10H2,(H,20,22)(H,18,19,21). The topological polar surface area (TPSA) is 71.1 Å². The average Bonchev–Trinajstić information content (AvgIpc) is 3.03. The van der Waals surface area contributed by atoms with Crippen LogP contribution in [-0.4, -0.2) is 16.8 Å². The minimum absolute atomic E-state index is 0.0807. The molecule has 0 spiro atoms. The van der Waals surface area contributed by atoms with E-state index in [0.717, 1.165) is 24.8 Å². The minimum Gasteiger partial charge on any atom is -0.347 e. The van der Waals surface area contributed by atoms with E-state index in [0.29, 0.717) is 5.13 Å². The highest BCUT2D eigenvalue weighted by molar-refractivity contribution is 7.13. The van der Waals surface area contributed by atoms with Gasteiger partial charge in [-0.05, 0) is 24.8 Å². The number of rotatable bonds is 6. The number of nitrogens with zero attached hydrogens (tertiary/aromatic N) is 1. The molecule has 1 aromatic heterocycles. The fourth-order valence-corrected chi connectivity index (χ4v) is 3.34. The summed E-state index contributed by atoms with van der Waals surface area (Å²) in [4.78, 5) is 28.0. The lowest BCUT2D eigenvalue weighted by Crippen LogP contribution is -2.50. The van der Waals surface area contributed by atoms with Crippen molar-refractivity contribution in [1.82, 2.24) is 10.3 Å². The van der Waals surface area contributed by atoms with Crippen LogP contribution in [0.15, 0.2) is 41.9 Å². The summed E-state index contributed by atoms with van der Waals surface area (Å²) in [5.41, 5.74) is 0.899. The van der Waals surface area contributed by atoms with Crippen LogP contribution in [0, 0.1) is 0 Å². The number of amides is 2. The van der Waals surface area contributed by atoms with Gasteiger partial charge >= 0.3 is 0 Å². The molecule has 0 atom stereocenters. The van der Waals surface area contributed by atoms with Crippen LogP contribution >= 0.6 is 11.3 Å². The molecule has 2 aromatic rings. The van der Waals surface area contributed by atoms with Crippen LogP contribution < -0.4 is 10.6 Å². The smallest absolute Gasteiger partial charge is 0.226 e. The molecule has 5 nitrogen and oxygen atoms in total. The molecule has 23 heavy (non-hydrogen) atoms. The van der Waals surface area contributed by atoms with Crippen molar-refractivity contribution in [3.05, 3.63) is 47.5 Å². The van der Waals surface area contributed by atoms with Crippen LogP contribution in [0.3, 0.4) is 0 Å². The lowest BCUT2D eigenvalue weighted by atomic mass is 9.71. The number of benzene rings is 1. The summed E-state index contributed by atoms with van der Waals surface area (Å²) in [6.07, 6.45) is 5.00. The zero-order valence-corrected chi connectivity index (χ0v) is 13.6. The van der Waals surface area contributed by atoms with E-state index in [2.05, 4.69) is 27.8 Å². The highest BCUT2D eigenvalue weighted by atomic mass is 32.1. The Balaban J connectivity index is 1.51. The highest BCUT2D eigenvalue weighted by Crippen LogP contribution is 2.41. The van der Waals surface area contributed by atoms with Crippen molar-refractivity contribution in [1.29, 1.82) is 0 Å². The van der Waals surface area contributed by atoms with Crippen molar-refractivity contribution >= 4 is 28.3 Å². The number of hydrogen-bond donors (Lipinski definition) is 2. The maximum atomic E-state index is 12.2. The molecule has 0 radical (unpaired) electrons. The maximum absolute atomic E-state index is 12.2. The van der Waals surface area contributed by atoms with Crippen molar-refractivity contribution in [2.24, 2.45) is 0 Å². The fourth-order valence-electron chi connectivity index (χ4n) is 2.80. The van der Waals surface area contributed by atoms with E-state index in [9.17, 15) is 9.59 Å². The Labute approximate surface area is 139 Å². The van der Waals surface area contributed by atoms with Gasteiger partial charge in [0.15, 0.2) is 5.13 Å². The van der Waals surface area contributed by atoms with Gasteiger partial charge in [-0.15, -0.1) is 11.3 Å². The third kappa shape index (κ3) is 3.76. The molecule has 1 heterocycles. The van der Waals surface area contributed by atoms with Crippen LogP contribution in [-0.2, 0) is 15.1 Å². The normalized spacial score (nSPS) is 15.5. The van der Waals surface area contributed by atoms with Crippen LogP contribution in [0.4, 0.5) is 5.13 Å². The van der Waals surface area contributed by atoms with E-state index >= 15 is 0 Å². The summed E-state index contributed by atoms with van der Waals surface area (Å²) in [7, 11) is 0. The van der Waals surface area contributed by atoms with Crippen LogP contribution in [0.25, 0.3) is 0 Å². The van der Waals surface area contributed by atoms with E-state index in [1.54, 1.807) is 11.6 Å². The second-order valence-corrected chi connectivity index (χ2v) is 6.63. The first kappa shape index (κ1) is 15.7. The largest absolute Gasteiger partial charge is 0.347 e. The molecule has 0 saturated heterocycles. The number of carbonyl (C=O) groups excluding carboxylic acids is 2. The second-order valence-electron chi connectivity index (χ2n) is 5.74. The monoisotopic (exact) mass is 329 g/mol. The predicted octanol–water partition coefficient (Wildman–Crippen LogP) is 3.06. The summed E-state index contributed by atoms with van der Waals surface area (Å²) in [6, 6.07) is 10.1. The summed E-state index contributed by atoms with van der Waals surface area (Å²) >= 11 is 1.36. The molecular weight excluding hydrogens is 310 g/mol. The molecule has 120 valence electrons. The Morgan fingerprint density at radius 2 is 1.87 bits per heavy atom. The zero-order valence-electron chi connectivity index (χ0n) is 12.7. The second kappa shape index (κ2) is 6.91. The molecular formula is C17H19N3O2S. The Morgan fingerprint density at radius 1 is 1.13 bits per heavy atom. The molecule has 1 fully saturated rings. The third-order valence-corrected chi connectivity index (χ3v) is 4.86. The summed E-state index contributed by atoms with van der Waals surface area (Å²) < 4.78 is 0. The third-order valence-electron chi connectivity index (χ3n) is 4.17. The molecule has 1 aromatic carbocycles. The van der Waals surface area contributed by atoms with Crippen molar-refractivity contribution in [2.75, 3.05) is 5.32 Å². The lowest BCUT2D eigenvalue weighted by Gasteiger charge is -2.43. The van der Waals surface area contributed by atoms with Crippen LogP contribution in [0.5, 0.6) is 0 Å². The average molecular weight is 329 g/mol. The van der Waals surface area contributed by atoms with E-state index in [4.69, 9.17) is 0 Å². The van der Waals surface area contributed by atoms with Gasteiger partial charge in [-0.1, -0.05) is 30.3 Å². The number of anilines is 1. The maximum Gasteiger partial charge on any atom is 0.226 e. The van der Waals surface area contributed by atoms with Gasteiger partial charge in [0, 0.05) is 24.4 Å². The Kier molecular flexibility index (Phi) is 4.71. The number of nitrogens with one attached hydrogen (secondary N) is 2. The first-order valence-corrected chi connectivity index (χ1v) is 8.62. The molecule has 1 aliphatic rings. The Morgan fingerprint density at radius 3 is 2.48 bits per heavy atom. The molecule has 2 amide bonds. The molecule has 0 unspecified atom stereocenters. The quantitative estimate of drug-likeness (QED) is 0.855. The van der Waals surface area contributed by atoms with Gasteiger partial charge in [0.2, 0.25) is 11.8 Å². The number of aromatic nitrogens is 1. The van der Waals surface area contributed by atoms with Crippen LogP contribution in [0.2, 0.25) is 0 Å². The van der Waals surface area contributed by atoms with Crippen molar-refractivity contribution in [2.45, 2.75) is 37.6 Å². The van der Waals surface area contributed by atoms with Gasteiger partial charge in [-0.3, -0.25) is 9.59 Å². The molecule has 1 aliphatic carbocycles. The van der Waals surface area contributed by atoms with E-state index in [-0.39, 0.29) is 30.2 Å². The highest BCUT2D eigenvalue weighted by Gasteiger charge is 2.39. The zero-order chi connectivity index (χ0) is 16.1. The van der Waals surface area contributed by atoms with Crippen molar-refractivity contribution in [3.8, 4) is 0 Å². The van der Waals surface area contributed by atoms with Crippen molar-refractivity contribution in [3.63, 3.8) is 0 Å². The van der Waals surface area contributed by atoms with Gasteiger partial charge in [0.05, 0.1) is 5.54 Å². The van der Waals surface area contributed by atoms with Gasteiger partial charge in [-0.2, -0.15) is 0 Å². The molecule has 0 aliphatic heterocycles. The van der Waals surface area contributed by atoms with Crippen molar-refractivity contribution < 1.29 is 9.59 Å². The van der Waals surface area contributed by atoms with E-state index in [1.165, 1.54) is 11.3 Å². The van der Waals surface area contributed by atoms with Gasteiger partial charge in [0.1, 0.15) is 0 Å².